The minimum atomic E-state index is -0.252. The molecule has 4 unspecified atom stereocenters. The molecule has 1 saturated carbocycles. The van der Waals surface area contributed by atoms with Gasteiger partial charge in [-0.05, 0) is 36.5 Å². The summed E-state index contributed by atoms with van der Waals surface area (Å²) < 4.78 is 0. The summed E-state index contributed by atoms with van der Waals surface area (Å²) in [5, 5.41) is 8.73. The zero-order valence-corrected chi connectivity index (χ0v) is 20.0. The number of fused-ring (bicyclic) bond motifs is 5. The van der Waals surface area contributed by atoms with E-state index in [9.17, 15) is 14.4 Å². The summed E-state index contributed by atoms with van der Waals surface area (Å²) in [6, 6.07) is 7.03. The SMILES string of the molecule is C#Cc1cccc(NC(=O)CNC(=NC)NCCN2C(=O)C3C4C=CC(C4)C3C2=O)c1.I. The maximum atomic E-state index is 12.7. The Morgan fingerprint density at radius 3 is 2.50 bits per heavy atom. The number of nitrogens with zero attached hydrogens (tertiary/aromatic N) is 2. The molecule has 4 atom stereocenters. The van der Waals surface area contributed by atoms with Gasteiger partial charge in [0, 0.05) is 31.4 Å². The third-order valence-electron chi connectivity index (χ3n) is 6.14. The molecule has 4 rings (SSSR count). The first kappa shape index (κ1) is 23.8. The van der Waals surface area contributed by atoms with Gasteiger partial charge in [0.15, 0.2) is 5.96 Å². The molecule has 8 nitrogen and oxygen atoms in total. The topological polar surface area (TPSA) is 103 Å². The lowest BCUT2D eigenvalue weighted by Crippen LogP contribution is -2.45. The number of terminal acetylenes is 1. The van der Waals surface area contributed by atoms with Gasteiger partial charge >= 0.3 is 0 Å². The van der Waals surface area contributed by atoms with Gasteiger partial charge in [0.25, 0.3) is 0 Å². The Morgan fingerprint density at radius 1 is 1.19 bits per heavy atom. The van der Waals surface area contributed by atoms with E-state index < -0.39 is 0 Å². The van der Waals surface area contributed by atoms with Crippen molar-refractivity contribution in [2.75, 3.05) is 32.0 Å². The molecule has 2 fully saturated rings. The van der Waals surface area contributed by atoms with Crippen LogP contribution in [0.5, 0.6) is 0 Å². The van der Waals surface area contributed by atoms with Gasteiger partial charge in [0.05, 0.1) is 18.4 Å². The summed E-state index contributed by atoms with van der Waals surface area (Å²) in [6.07, 6.45) is 10.5. The fraction of sp³-hybridized carbons (Fsp3) is 0.391. The largest absolute Gasteiger partial charge is 0.355 e. The molecular formula is C23H26IN5O3. The molecule has 1 aromatic carbocycles. The average molecular weight is 547 g/mol. The number of hydrogen-bond acceptors (Lipinski definition) is 4. The second-order valence-electron chi connectivity index (χ2n) is 7.95. The highest BCUT2D eigenvalue weighted by Gasteiger charge is 2.58. The van der Waals surface area contributed by atoms with Crippen LogP contribution >= 0.6 is 24.0 Å². The highest BCUT2D eigenvalue weighted by Crippen LogP contribution is 2.52. The Bertz CT molecular complexity index is 985. The van der Waals surface area contributed by atoms with E-state index in [0.29, 0.717) is 23.8 Å². The third kappa shape index (κ3) is 4.65. The number of amides is 3. The van der Waals surface area contributed by atoms with Crippen molar-refractivity contribution in [1.29, 1.82) is 0 Å². The Morgan fingerprint density at radius 2 is 1.88 bits per heavy atom. The Labute approximate surface area is 204 Å². The zero-order chi connectivity index (χ0) is 22.0. The first-order valence-corrected chi connectivity index (χ1v) is 10.4. The lowest BCUT2D eigenvalue weighted by Gasteiger charge is -2.18. The summed E-state index contributed by atoms with van der Waals surface area (Å²) in [6.45, 7) is 0.627. The zero-order valence-electron chi connectivity index (χ0n) is 17.7. The molecule has 1 heterocycles. The van der Waals surface area contributed by atoms with Gasteiger partial charge in [-0.3, -0.25) is 24.3 Å². The predicted octanol–water partition coefficient (Wildman–Crippen LogP) is 1.20. The number of hydrogen-bond donors (Lipinski definition) is 3. The second kappa shape index (κ2) is 10.2. The van der Waals surface area contributed by atoms with Crippen LogP contribution in [-0.4, -0.2) is 55.3 Å². The molecule has 0 radical (unpaired) electrons. The number of allylic oxidation sites excluding steroid dienone is 2. The molecule has 1 aliphatic heterocycles. The van der Waals surface area contributed by atoms with Gasteiger partial charge in [-0.2, -0.15) is 0 Å². The summed E-state index contributed by atoms with van der Waals surface area (Å²) in [7, 11) is 1.59. The van der Waals surface area contributed by atoms with Crippen molar-refractivity contribution in [2.24, 2.45) is 28.7 Å². The van der Waals surface area contributed by atoms with Crippen LogP contribution in [0.3, 0.4) is 0 Å². The Balaban J connectivity index is 0.00000289. The van der Waals surface area contributed by atoms with Crippen LogP contribution in [0.1, 0.15) is 12.0 Å². The van der Waals surface area contributed by atoms with Gasteiger partial charge in [-0.1, -0.05) is 24.1 Å². The van der Waals surface area contributed by atoms with Crippen LogP contribution < -0.4 is 16.0 Å². The van der Waals surface area contributed by atoms with E-state index >= 15 is 0 Å². The summed E-state index contributed by atoms with van der Waals surface area (Å²) in [5.74, 6) is 2.60. The van der Waals surface area contributed by atoms with E-state index in [4.69, 9.17) is 6.42 Å². The molecular weight excluding hydrogens is 521 g/mol. The molecule has 2 bridgehead atoms. The fourth-order valence-corrected chi connectivity index (χ4v) is 4.75. The maximum Gasteiger partial charge on any atom is 0.243 e. The molecule has 0 spiro atoms. The van der Waals surface area contributed by atoms with Crippen molar-refractivity contribution in [1.82, 2.24) is 15.5 Å². The molecule has 3 amide bonds. The van der Waals surface area contributed by atoms with Crippen molar-refractivity contribution in [3.8, 4) is 12.3 Å². The summed E-state index contributed by atoms with van der Waals surface area (Å²) in [4.78, 5) is 43.0. The van der Waals surface area contributed by atoms with E-state index in [1.807, 2.05) is 0 Å². The molecule has 3 N–H and O–H groups in total. The van der Waals surface area contributed by atoms with Crippen molar-refractivity contribution >= 4 is 53.3 Å². The van der Waals surface area contributed by atoms with Crippen LogP contribution in [0.2, 0.25) is 0 Å². The van der Waals surface area contributed by atoms with E-state index in [-0.39, 0.29) is 78.5 Å². The van der Waals surface area contributed by atoms with Crippen LogP contribution in [-0.2, 0) is 14.4 Å². The normalized spacial score (nSPS) is 25.2. The van der Waals surface area contributed by atoms with Crippen molar-refractivity contribution in [2.45, 2.75) is 6.42 Å². The smallest absolute Gasteiger partial charge is 0.243 e. The molecule has 2 aliphatic carbocycles. The van der Waals surface area contributed by atoms with E-state index in [0.717, 1.165) is 6.42 Å². The third-order valence-corrected chi connectivity index (χ3v) is 6.14. The number of imide groups is 1. The number of anilines is 1. The first-order valence-electron chi connectivity index (χ1n) is 10.4. The summed E-state index contributed by atoms with van der Waals surface area (Å²) in [5.41, 5.74) is 1.30. The number of carbonyl (C=O) groups excluding carboxylic acids is 3. The first-order chi connectivity index (χ1) is 15.0. The van der Waals surface area contributed by atoms with Gasteiger partial charge in [-0.25, -0.2) is 0 Å². The number of guanidine groups is 1. The fourth-order valence-electron chi connectivity index (χ4n) is 4.75. The maximum absolute atomic E-state index is 12.7. The predicted molar refractivity (Wildman–Crippen MR) is 132 cm³/mol. The molecule has 1 saturated heterocycles. The monoisotopic (exact) mass is 547 g/mol. The summed E-state index contributed by atoms with van der Waals surface area (Å²) >= 11 is 0. The van der Waals surface area contributed by atoms with E-state index in [1.54, 1.807) is 31.3 Å². The molecule has 1 aromatic rings. The number of nitrogens with one attached hydrogen (secondary N) is 3. The highest BCUT2D eigenvalue weighted by atomic mass is 127. The molecule has 168 valence electrons. The lowest BCUT2D eigenvalue weighted by molar-refractivity contribution is -0.140. The van der Waals surface area contributed by atoms with Crippen molar-refractivity contribution in [3.05, 3.63) is 42.0 Å². The number of halogens is 1. The number of rotatable bonds is 6. The molecule has 32 heavy (non-hydrogen) atoms. The standard InChI is InChI=1S/C23H25N5O3.HI/c1-3-14-5-4-6-17(11-14)27-18(29)13-26-23(24-2)25-9-10-28-21(30)19-15-7-8-16(12-15)20(19)22(28)31;/h1,4-8,11,15-16,19-20H,9-10,12-13H2,2H3,(H,27,29)(H2,24,25,26);1H. The molecule has 0 aromatic heterocycles. The highest BCUT2D eigenvalue weighted by molar-refractivity contribution is 14.0. The Hall–Kier alpha value is -2.87. The van der Waals surface area contributed by atoms with E-state index in [2.05, 4.69) is 39.0 Å². The van der Waals surface area contributed by atoms with Crippen LogP contribution in [0.4, 0.5) is 5.69 Å². The quantitative estimate of drug-likeness (QED) is 0.124. The number of likely N-dealkylation sites (tertiary alicyclic amines) is 1. The van der Waals surface area contributed by atoms with Gasteiger partial charge < -0.3 is 16.0 Å². The number of aliphatic imine (C=N–C) groups is 1. The van der Waals surface area contributed by atoms with Gasteiger partial charge in [0.1, 0.15) is 0 Å². The number of carbonyl (C=O) groups is 3. The second-order valence-corrected chi connectivity index (χ2v) is 7.95. The Kier molecular flexibility index (Phi) is 7.56. The van der Waals surface area contributed by atoms with Crippen molar-refractivity contribution in [3.63, 3.8) is 0 Å². The van der Waals surface area contributed by atoms with Gasteiger partial charge in [-0.15, -0.1) is 30.4 Å². The van der Waals surface area contributed by atoms with E-state index in [1.165, 1.54) is 4.90 Å². The van der Waals surface area contributed by atoms with Crippen LogP contribution in [0, 0.1) is 36.0 Å². The number of benzene rings is 1. The van der Waals surface area contributed by atoms with Crippen LogP contribution in [0.15, 0.2) is 41.4 Å². The van der Waals surface area contributed by atoms with Gasteiger partial charge in [0.2, 0.25) is 17.7 Å². The lowest BCUT2D eigenvalue weighted by atomic mass is 9.85. The van der Waals surface area contributed by atoms with Crippen molar-refractivity contribution < 1.29 is 14.4 Å². The minimum Gasteiger partial charge on any atom is -0.355 e. The molecule has 3 aliphatic rings. The average Bonchev–Trinajstić information content (AvgIpc) is 3.45. The molecule has 9 heteroatoms. The minimum absolute atomic E-state index is 0. The van der Waals surface area contributed by atoms with Crippen LogP contribution in [0.25, 0.3) is 0 Å².